The molecule has 2 aromatic rings. The molecule has 2 rings (SSSR count). The molecule has 0 atom stereocenters. The third-order valence-electron chi connectivity index (χ3n) is 7.01. The van der Waals surface area contributed by atoms with Crippen LogP contribution in [0.25, 0.3) is 11.1 Å². The lowest BCUT2D eigenvalue weighted by Crippen LogP contribution is -2.02. The first kappa shape index (κ1) is 29.6. The van der Waals surface area contributed by atoms with Gasteiger partial charge < -0.3 is 5.53 Å². The van der Waals surface area contributed by atoms with E-state index < -0.39 is 0 Å². The van der Waals surface area contributed by atoms with Crippen molar-refractivity contribution in [2.24, 2.45) is 0 Å². The zero-order chi connectivity index (χ0) is 26.0. The first-order valence-corrected chi connectivity index (χ1v) is 14.6. The summed E-state index contributed by atoms with van der Waals surface area (Å²) in [6.07, 6.45) is 16.0. The molecule has 2 nitrogen and oxygen atoms in total. The summed E-state index contributed by atoms with van der Waals surface area (Å²) in [7, 11) is 0. The van der Waals surface area contributed by atoms with Crippen LogP contribution in [0.3, 0.4) is 0 Å². The molecule has 0 aliphatic heterocycles. The molecule has 0 saturated heterocycles. The highest BCUT2D eigenvalue weighted by Gasteiger charge is 2.18. The second kappa shape index (κ2) is 17.7. The first-order valence-electron chi connectivity index (χ1n) is 14.6. The van der Waals surface area contributed by atoms with Crippen LogP contribution in [0.5, 0.6) is 0 Å². The Kier molecular flexibility index (Phi) is 14.6. The third-order valence-corrected chi connectivity index (χ3v) is 7.01. The maximum Gasteiger partial charge on any atom is 0.303 e. The quantitative estimate of drug-likeness (QED) is 0.0704. The van der Waals surface area contributed by atoms with E-state index in [0.717, 1.165) is 50.5 Å². The largest absolute Gasteiger partial charge is 0.348 e. The minimum atomic E-state index is 0.885. The SMILES string of the molecule is CCCCCC(C(=C=[N+]=[N-])CCCC)=C(c1ccc(CCCC)cc1)c1cccc(CCCCC)c1. The maximum atomic E-state index is 9.53. The molecular weight excluding hydrogens is 436 g/mol. The van der Waals surface area contributed by atoms with Gasteiger partial charge in [-0.1, -0.05) is 115 Å². The highest BCUT2D eigenvalue weighted by molar-refractivity contribution is 5.87. The van der Waals surface area contributed by atoms with Crippen LogP contribution in [-0.2, 0) is 12.8 Å². The van der Waals surface area contributed by atoms with Gasteiger partial charge in [-0.15, -0.1) is 4.79 Å². The Morgan fingerprint density at radius 1 is 0.667 bits per heavy atom. The van der Waals surface area contributed by atoms with Crippen molar-refractivity contribution < 1.29 is 4.79 Å². The Labute approximate surface area is 221 Å². The third kappa shape index (κ3) is 9.77. The zero-order valence-corrected chi connectivity index (χ0v) is 23.4. The van der Waals surface area contributed by atoms with Crippen molar-refractivity contribution in [3.63, 3.8) is 0 Å². The van der Waals surface area contributed by atoms with E-state index in [1.807, 2.05) is 0 Å². The van der Waals surface area contributed by atoms with Crippen LogP contribution in [0, 0.1) is 0 Å². The normalized spacial score (nSPS) is 11.6. The molecule has 0 aliphatic carbocycles. The number of rotatable bonds is 17. The van der Waals surface area contributed by atoms with Crippen molar-refractivity contribution in [1.82, 2.24) is 0 Å². The minimum absolute atomic E-state index is 0.885. The average molecular weight is 485 g/mol. The number of benzene rings is 2. The molecule has 0 unspecified atom stereocenters. The Morgan fingerprint density at radius 2 is 1.33 bits per heavy atom. The maximum absolute atomic E-state index is 9.53. The standard InChI is InChI=1S/C34H48N2/c1-5-9-13-17-29-18-15-20-31(26-29)34(30-24-22-28(23-25-30)16-11-7-3)33(21-14-10-6-2)32(27-36-35)19-12-8-4/h15,18,20,22-26H,5-14,16-17,19,21H2,1-4H3. The van der Waals surface area contributed by atoms with E-state index >= 15 is 0 Å². The van der Waals surface area contributed by atoms with Crippen molar-refractivity contribution in [3.05, 3.63) is 87.5 Å². The first-order chi connectivity index (χ1) is 17.7. The second-order valence-electron chi connectivity index (χ2n) is 10.1. The predicted molar refractivity (Wildman–Crippen MR) is 157 cm³/mol. The molecule has 0 fully saturated rings. The molecule has 0 spiro atoms. The number of allylic oxidation sites excluding steroid dienone is 2. The van der Waals surface area contributed by atoms with E-state index in [2.05, 4.69) is 86.9 Å². The summed E-state index contributed by atoms with van der Waals surface area (Å²) < 4.78 is 0. The monoisotopic (exact) mass is 484 g/mol. The Balaban J connectivity index is 2.70. The summed E-state index contributed by atoms with van der Waals surface area (Å²) in [6.45, 7) is 8.97. The van der Waals surface area contributed by atoms with Crippen molar-refractivity contribution in [3.8, 4) is 0 Å². The van der Waals surface area contributed by atoms with Gasteiger partial charge in [0.15, 0.2) is 0 Å². The molecule has 0 saturated carbocycles. The van der Waals surface area contributed by atoms with Crippen molar-refractivity contribution in [1.29, 1.82) is 0 Å². The number of nitrogens with zero attached hydrogens (tertiary/aromatic N) is 2. The summed E-state index contributed by atoms with van der Waals surface area (Å²) in [4.78, 5) is 3.40. The van der Waals surface area contributed by atoms with Gasteiger partial charge >= 0.3 is 5.87 Å². The Bertz CT molecular complexity index is 1020. The molecule has 0 bridgehead atoms. The molecule has 0 amide bonds. The number of hydrogen-bond acceptors (Lipinski definition) is 0. The summed E-state index contributed by atoms with van der Waals surface area (Å²) in [6, 6.07) is 18.3. The van der Waals surface area contributed by atoms with Crippen molar-refractivity contribution in [2.45, 2.75) is 118 Å². The topological polar surface area (TPSA) is 36.4 Å². The molecule has 36 heavy (non-hydrogen) atoms. The number of aryl methyl sites for hydroxylation is 2. The van der Waals surface area contributed by atoms with Crippen LogP contribution in [0.1, 0.15) is 127 Å². The van der Waals surface area contributed by atoms with Gasteiger partial charge in [0.1, 0.15) is 0 Å². The van der Waals surface area contributed by atoms with Crippen molar-refractivity contribution in [2.75, 3.05) is 0 Å². The van der Waals surface area contributed by atoms with Crippen LogP contribution in [-0.4, -0.2) is 10.7 Å². The van der Waals surface area contributed by atoms with E-state index in [1.165, 1.54) is 78.3 Å². The van der Waals surface area contributed by atoms with Crippen LogP contribution in [0.2, 0.25) is 0 Å². The Morgan fingerprint density at radius 3 is 2.00 bits per heavy atom. The van der Waals surface area contributed by atoms with Gasteiger partial charge in [0.05, 0.1) is 5.57 Å². The van der Waals surface area contributed by atoms with Crippen LogP contribution < -0.4 is 0 Å². The second-order valence-corrected chi connectivity index (χ2v) is 10.1. The van der Waals surface area contributed by atoms with E-state index in [1.54, 1.807) is 0 Å². The van der Waals surface area contributed by atoms with E-state index in [0.29, 0.717) is 0 Å². The molecule has 0 aromatic heterocycles. The van der Waals surface area contributed by atoms with E-state index in [4.69, 9.17) is 0 Å². The summed E-state index contributed by atoms with van der Waals surface area (Å²) in [5.74, 6) is 3.00. The minimum Gasteiger partial charge on any atom is -0.348 e. The fourth-order valence-electron chi connectivity index (χ4n) is 4.86. The molecule has 0 aliphatic rings. The molecule has 2 aromatic carbocycles. The number of hydrogen-bond donors (Lipinski definition) is 0. The smallest absolute Gasteiger partial charge is 0.303 e. The summed E-state index contributed by atoms with van der Waals surface area (Å²) >= 11 is 0. The molecule has 0 heterocycles. The molecular formula is C34H48N2. The van der Waals surface area contributed by atoms with Gasteiger partial charge in [0.25, 0.3) is 0 Å². The average Bonchev–Trinajstić information content (AvgIpc) is 2.90. The van der Waals surface area contributed by atoms with Gasteiger partial charge in [-0.05, 0) is 84.8 Å². The van der Waals surface area contributed by atoms with Gasteiger partial charge in [0.2, 0.25) is 0 Å². The van der Waals surface area contributed by atoms with E-state index in [-0.39, 0.29) is 0 Å². The van der Waals surface area contributed by atoms with Crippen LogP contribution in [0.15, 0.2) is 59.7 Å². The molecule has 0 radical (unpaired) electrons. The van der Waals surface area contributed by atoms with Crippen molar-refractivity contribution >= 4 is 11.4 Å². The fraction of sp³-hybridized carbons (Fsp3) is 0.529. The lowest BCUT2D eigenvalue weighted by Gasteiger charge is -2.18. The van der Waals surface area contributed by atoms with Gasteiger partial charge in [-0.25, -0.2) is 0 Å². The molecule has 0 N–H and O–H groups in total. The summed E-state index contributed by atoms with van der Waals surface area (Å²) in [5, 5.41) is 0. The lowest BCUT2D eigenvalue weighted by molar-refractivity contribution is 0.00739. The number of unbranched alkanes of at least 4 members (excludes halogenated alkanes) is 6. The fourth-order valence-corrected chi connectivity index (χ4v) is 4.86. The van der Waals surface area contributed by atoms with E-state index in [9.17, 15) is 5.53 Å². The van der Waals surface area contributed by atoms with Crippen LogP contribution >= 0.6 is 0 Å². The van der Waals surface area contributed by atoms with Gasteiger partial charge in [0, 0.05) is 0 Å². The highest BCUT2D eigenvalue weighted by Crippen LogP contribution is 2.35. The Hall–Kier alpha value is -2.66. The van der Waals surface area contributed by atoms with Gasteiger partial charge in [-0.3, -0.25) is 0 Å². The molecule has 194 valence electrons. The zero-order valence-electron chi connectivity index (χ0n) is 23.4. The lowest BCUT2D eigenvalue weighted by atomic mass is 9.84. The van der Waals surface area contributed by atoms with Crippen LogP contribution in [0.4, 0.5) is 0 Å². The van der Waals surface area contributed by atoms with Gasteiger partial charge in [-0.2, -0.15) is 0 Å². The highest BCUT2D eigenvalue weighted by atomic mass is 14.8. The predicted octanol–water partition coefficient (Wildman–Crippen LogP) is 10.2. The molecule has 2 heteroatoms. The summed E-state index contributed by atoms with van der Waals surface area (Å²) in [5.41, 5.74) is 18.5.